The molecule has 168 valence electrons. The summed E-state index contributed by atoms with van der Waals surface area (Å²) >= 11 is 0. The Hall–Kier alpha value is -3.35. The van der Waals surface area contributed by atoms with Gasteiger partial charge in [0.25, 0.3) is 0 Å². The van der Waals surface area contributed by atoms with Crippen molar-refractivity contribution in [2.45, 2.75) is 33.1 Å². The Morgan fingerprint density at radius 3 is 2.72 bits per heavy atom. The van der Waals surface area contributed by atoms with Crippen LogP contribution in [-0.2, 0) is 4.79 Å². The number of rotatable bonds is 7. The first-order valence-corrected chi connectivity index (χ1v) is 11.2. The Kier molecular flexibility index (Phi) is 6.73. The number of methoxy groups -OCH3 is 1. The van der Waals surface area contributed by atoms with Gasteiger partial charge >= 0.3 is 6.01 Å². The Morgan fingerprint density at radius 1 is 1.22 bits per heavy atom. The van der Waals surface area contributed by atoms with Crippen LogP contribution in [0.4, 0.5) is 11.7 Å². The van der Waals surface area contributed by atoms with Crippen molar-refractivity contribution in [2.75, 3.05) is 36.5 Å². The van der Waals surface area contributed by atoms with Gasteiger partial charge in [0.2, 0.25) is 11.7 Å². The third kappa shape index (κ3) is 4.61. The standard InChI is InChI=1S/C25H30N4O3/c1-4-15-29(22-10-6-5-8-18(22)2)24(30)20-9-7-16-28(17-20)25-26-23(27-32-25)19-11-13-21(31-3)14-12-19/h5-6,8,10-14,20H,4,7,9,15-17H2,1-3H3/t20-/m1/s1. The zero-order valence-corrected chi connectivity index (χ0v) is 19.0. The molecule has 0 spiro atoms. The fraction of sp³-hybridized carbons (Fsp3) is 0.400. The number of para-hydroxylation sites is 1. The van der Waals surface area contributed by atoms with Crippen LogP contribution in [0.25, 0.3) is 11.4 Å². The summed E-state index contributed by atoms with van der Waals surface area (Å²) < 4.78 is 10.8. The minimum atomic E-state index is -0.105. The molecular formula is C25H30N4O3. The third-order valence-electron chi connectivity index (χ3n) is 5.92. The first-order valence-electron chi connectivity index (χ1n) is 11.2. The topological polar surface area (TPSA) is 71.7 Å². The van der Waals surface area contributed by atoms with Crippen molar-refractivity contribution < 1.29 is 14.1 Å². The number of hydrogen-bond acceptors (Lipinski definition) is 6. The monoisotopic (exact) mass is 434 g/mol. The van der Waals surface area contributed by atoms with Gasteiger partial charge in [0, 0.05) is 30.9 Å². The van der Waals surface area contributed by atoms with Crippen molar-refractivity contribution in [3.05, 3.63) is 54.1 Å². The molecule has 0 bridgehead atoms. The normalized spacial score (nSPS) is 16.1. The molecule has 1 fully saturated rings. The van der Waals surface area contributed by atoms with E-state index in [-0.39, 0.29) is 11.8 Å². The molecule has 0 aliphatic carbocycles. The van der Waals surface area contributed by atoms with Crippen molar-refractivity contribution in [1.29, 1.82) is 0 Å². The lowest BCUT2D eigenvalue weighted by molar-refractivity contribution is -0.122. The quantitative estimate of drug-likeness (QED) is 0.536. The predicted octanol–water partition coefficient (Wildman–Crippen LogP) is 4.71. The number of piperidine rings is 1. The largest absolute Gasteiger partial charge is 0.497 e. The molecular weight excluding hydrogens is 404 g/mol. The lowest BCUT2D eigenvalue weighted by Crippen LogP contribution is -2.45. The number of benzene rings is 2. The Morgan fingerprint density at radius 2 is 2.00 bits per heavy atom. The molecule has 2 heterocycles. The van der Waals surface area contributed by atoms with Crippen molar-refractivity contribution >= 4 is 17.6 Å². The molecule has 1 aromatic heterocycles. The molecule has 0 N–H and O–H groups in total. The first kappa shape index (κ1) is 21.9. The summed E-state index contributed by atoms with van der Waals surface area (Å²) in [4.78, 5) is 22.1. The van der Waals surface area contributed by atoms with Crippen LogP contribution < -0.4 is 14.5 Å². The third-order valence-corrected chi connectivity index (χ3v) is 5.92. The highest BCUT2D eigenvalue weighted by molar-refractivity contribution is 5.96. The maximum Gasteiger partial charge on any atom is 0.324 e. The van der Waals surface area contributed by atoms with Crippen LogP contribution in [0.1, 0.15) is 31.7 Å². The number of nitrogens with zero attached hydrogens (tertiary/aromatic N) is 4. The number of carbonyl (C=O) groups excluding carboxylic acids is 1. The van der Waals surface area contributed by atoms with Gasteiger partial charge in [-0.2, -0.15) is 4.98 Å². The summed E-state index contributed by atoms with van der Waals surface area (Å²) in [6, 6.07) is 16.1. The Labute approximate surface area is 189 Å². The van der Waals surface area contributed by atoms with E-state index in [2.05, 4.69) is 30.1 Å². The van der Waals surface area contributed by atoms with E-state index in [9.17, 15) is 4.79 Å². The molecule has 0 unspecified atom stereocenters. The maximum absolute atomic E-state index is 13.5. The molecule has 3 aromatic rings. The molecule has 7 heteroatoms. The SMILES string of the molecule is CCCN(C(=O)[C@@H]1CCCN(c2nc(-c3ccc(OC)cc3)no2)C1)c1ccccc1C. The number of hydrogen-bond donors (Lipinski definition) is 0. The van der Waals surface area contributed by atoms with E-state index in [1.807, 2.05) is 52.3 Å². The fourth-order valence-electron chi connectivity index (χ4n) is 4.21. The summed E-state index contributed by atoms with van der Waals surface area (Å²) in [6.07, 6.45) is 2.68. The van der Waals surface area contributed by atoms with Gasteiger partial charge in [-0.3, -0.25) is 4.79 Å². The molecule has 0 radical (unpaired) electrons. The second-order valence-corrected chi connectivity index (χ2v) is 8.19. The number of aromatic nitrogens is 2. The van der Waals surface area contributed by atoms with Crippen molar-refractivity contribution in [3.8, 4) is 17.1 Å². The number of aryl methyl sites for hydroxylation is 1. The summed E-state index contributed by atoms with van der Waals surface area (Å²) in [5.74, 6) is 1.37. The van der Waals surface area contributed by atoms with E-state index in [0.29, 0.717) is 24.9 Å². The highest BCUT2D eigenvalue weighted by Gasteiger charge is 2.32. The summed E-state index contributed by atoms with van der Waals surface area (Å²) in [5.41, 5.74) is 2.97. The lowest BCUT2D eigenvalue weighted by atomic mass is 9.96. The van der Waals surface area contributed by atoms with Crippen molar-refractivity contribution in [1.82, 2.24) is 10.1 Å². The van der Waals surface area contributed by atoms with E-state index >= 15 is 0 Å². The molecule has 7 nitrogen and oxygen atoms in total. The smallest absolute Gasteiger partial charge is 0.324 e. The molecule has 1 aliphatic rings. The van der Waals surface area contributed by atoms with Crippen LogP contribution >= 0.6 is 0 Å². The Balaban J connectivity index is 1.49. The zero-order chi connectivity index (χ0) is 22.5. The van der Waals surface area contributed by atoms with E-state index < -0.39 is 0 Å². The second kappa shape index (κ2) is 9.85. The van der Waals surface area contributed by atoms with E-state index in [1.54, 1.807) is 7.11 Å². The number of carbonyl (C=O) groups is 1. The highest BCUT2D eigenvalue weighted by atomic mass is 16.5. The average Bonchev–Trinajstić information content (AvgIpc) is 3.33. The Bertz CT molecular complexity index is 1050. The van der Waals surface area contributed by atoms with E-state index in [0.717, 1.165) is 48.4 Å². The van der Waals surface area contributed by atoms with E-state index in [1.165, 1.54) is 0 Å². The van der Waals surface area contributed by atoms with Crippen LogP contribution in [-0.4, -0.2) is 42.8 Å². The molecule has 2 aromatic carbocycles. The highest BCUT2D eigenvalue weighted by Crippen LogP contribution is 2.29. The van der Waals surface area contributed by atoms with Gasteiger partial charge in [-0.1, -0.05) is 30.3 Å². The van der Waals surface area contributed by atoms with Gasteiger partial charge < -0.3 is 19.1 Å². The number of ether oxygens (including phenoxy) is 1. The molecule has 1 amide bonds. The van der Waals surface area contributed by atoms with Gasteiger partial charge in [0.1, 0.15) is 5.75 Å². The van der Waals surface area contributed by atoms with Crippen LogP contribution in [0, 0.1) is 12.8 Å². The predicted molar refractivity (Wildman–Crippen MR) is 125 cm³/mol. The molecule has 1 saturated heterocycles. The average molecular weight is 435 g/mol. The van der Waals surface area contributed by atoms with Gasteiger partial charge in [-0.05, 0) is 62.1 Å². The molecule has 4 rings (SSSR count). The summed E-state index contributed by atoms with van der Waals surface area (Å²) in [5, 5.41) is 4.15. The van der Waals surface area contributed by atoms with Crippen molar-refractivity contribution in [3.63, 3.8) is 0 Å². The first-order chi connectivity index (χ1) is 15.6. The summed E-state index contributed by atoms with van der Waals surface area (Å²) in [6.45, 7) is 6.24. The van der Waals surface area contributed by atoms with Crippen molar-refractivity contribution in [2.24, 2.45) is 5.92 Å². The van der Waals surface area contributed by atoms with Crippen LogP contribution in [0.15, 0.2) is 53.1 Å². The van der Waals surface area contributed by atoms with Gasteiger partial charge in [-0.15, -0.1) is 0 Å². The van der Waals surface area contributed by atoms with Crippen LogP contribution in [0.5, 0.6) is 5.75 Å². The number of amides is 1. The fourth-order valence-corrected chi connectivity index (χ4v) is 4.21. The maximum atomic E-state index is 13.5. The molecule has 1 aliphatic heterocycles. The summed E-state index contributed by atoms with van der Waals surface area (Å²) in [7, 11) is 1.64. The zero-order valence-electron chi connectivity index (χ0n) is 19.0. The minimum absolute atomic E-state index is 0.105. The van der Waals surface area contributed by atoms with Gasteiger partial charge in [0.05, 0.1) is 13.0 Å². The second-order valence-electron chi connectivity index (χ2n) is 8.19. The number of anilines is 2. The molecule has 1 atom stereocenters. The van der Waals surface area contributed by atoms with Gasteiger partial charge in [0.15, 0.2) is 0 Å². The van der Waals surface area contributed by atoms with Gasteiger partial charge in [-0.25, -0.2) is 0 Å². The van der Waals surface area contributed by atoms with E-state index in [4.69, 9.17) is 9.26 Å². The molecule has 0 saturated carbocycles. The minimum Gasteiger partial charge on any atom is -0.497 e. The molecule has 32 heavy (non-hydrogen) atoms. The lowest BCUT2D eigenvalue weighted by Gasteiger charge is -2.34. The van der Waals surface area contributed by atoms with Crippen LogP contribution in [0.3, 0.4) is 0 Å². The van der Waals surface area contributed by atoms with Crippen LogP contribution in [0.2, 0.25) is 0 Å².